The molecule has 0 bridgehead atoms. The summed E-state index contributed by atoms with van der Waals surface area (Å²) in [5.41, 5.74) is 5.74. The zero-order valence-corrected chi connectivity index (χ0v) is 12.1. The van der Waals surface area contributed by atoms with Gasteiger partial charge in [0, 0.05) is 0 Å². The van der Waals surface area contributed by atoms with E-state index >= 15 is 0 Å². The summed E-state index contributed by atoms with van der Waals surface area (Å²) in [7, 11) is 0. The fourth-order valence-electron chi connectivity index (χ4n) is 2.67. The molecule has 0 aromatic heterocycles. The van der Waals surface area contributed by atoms with Gasteiger partial charge < -0.3 is 0 Å². The van der Waals surface area contributed by atoms with Gasteiger partial charge in [0.05, 0.1) is 12.0 Å². The highest BCUT2D eigenvalue weighted by Gasteiger charge is 2.14. The lowest BCUT2D eigenvalue weighted by molar-refractivity contribution is 0.626. The van der Waals surface area contributed by atoms with Crippen LogP contribution in [0.4, 0.5) is 4.39 Å². The Balaban J connectivity index is 2.32. The van der Waals surface area contributed by atoms with Crippen LogP contribution in [0, 0.1) is 37.9 Å². The Kier molecular flexibility index (Phi) is 4.20. The van der Waals surface area contributed by atoms with Gasteiger partial charge in [-0.1, -0.05) is 29.8 Å². The first-order chi connectivity index (χ1) is 9.51. The average Bonchev–Trinajstić information content (AvgIpc) is 2.39. The minimum atomic E-state index is -0.270. The van der Waals surface area contributed by atoms with Crippen LogP contribution < -0.4 is 0 Å². The van der Waals surface area contributed by atoms with Crippen molar-refractivity contribution < 1.29 is 4.39 Å². The maximum Gasteiger partial charge on any atom is 0.123 e. The Bertz CT molecular complexity index is 627. The summed E-state index contributed by atoms with van der Waals surface area (Å²) in [6.45, 7) is 6.23. The second-order valence-electron chi connectivity index (χ2n) is 5.31. The molecule has 2 aromatic carbocycles. The molecular weight excluding hydrogens is 249 g/mol. The summed E-state index contributed by atoms with van der Waals surface area (Å²) in [5, 5.41) is 9.40. The van der Waals surface area contributed by atoms with Crippen LogP contribution in [-0.4, -0.2) is 0 Å². The number of benzene rings is 2. The molecule has 0 aliphatic heterocycles. The molecule has 2 aromatic rings. The molecule has 0 radical (unpaired) electrons. The fourth-order valence-corrected chi connectivity index (χ4v) is 2.67. The number of nitrogens with zero attached hydrogens (tertiary/aromatic N) is 1. The van der Waals surface area contributed by atoms with Crippen molar-refractivity contribution in [2.24, 2.45) is 0 Å². The normalized spacial score (nSPS) is 11.9. The van der Waals surface area contributed by atoms with E-state index in [4.69, 9.17) is 0 Å². The number of aryl methyl sites for hydroxylation is 3. The molecule has 0 aliphatic rings. The molecule has 0 fully saturated rings. The molecule has 102 valence electrons. The molecule has 1 nitrogen and oxygen atoms in total. The fraction of sp³-hybridized carbons (Fsp3) is 0.278. The molecule has 0 saturated heterocycles. The van der Waals surface area contributed by atoms with Crippen LogP contribution in [0.5, 0.6) is 0 Å². The second kappa shape index (κ2) is 5.88. The van der Waals surface area contributed by atoms with Crippen molar-refractivity contribution in [3.05, 3.63) is 70.0 Å². The standard InChI is InChI=1S/C18H18FN/c1-12-8-13(2)18(14(3)9-12)10-16(11-20)15-4-6-17(19)7-5-15/h4-9,16H,10H2,1-3H3. The molecule has 1 atom stereocenters. The van der Waals surface area contributed by atoms with Crippen molar-refractivity contribution in [2.75, 3.05) is 0 Å². The minimum Gasteiger partial charge on any atom is -0.207 e. The number of hydrogen-bond acceptors (Lipinski definition) is 1. The molecule has 20 heavy (non-hydrogen) atoms. The second-order valence-corrected chi connectivity index (χ2v) is 5.31. The summed E-state index contributed by atoms with van der Waals surface area (Å²) in [6, 6.07) is 12.8. The maximum atomic E-state index is 13.0. The Morgan fingerprint density at radius 1 is 1.05 bits per heavy atom. The molecule has 0 heterocycles. The zero-order chi connectivity index (χ0) is 14.7. The number of halogens is 1. The van der Waals surface area contributed by atoms with E-state index in [1.807, 2.05) is 0 Å². The first-order valence-electron chi connectivity index (χ1n) is 6.73. The maximum absolute atomic E-state index is 13.0. The van der Waals surface area contributed by atoms with Gasteiger partial charge in [-0.05, 0) is 61.6 Å². The summed E-state index contributed by atoms with van der Waals surface area (Å²) < 4.78 is 13.0. The largest absolute Gasteiger partial charge is 0.207 e. The van der Waals surface area contributed by atoms with Gasteiger partial charge in [0.2, 0.25) is 0 Å². The van der Waals surface area contributed by atoms with E-state index in [0.29, 0.717) is 6.42 Å². The van der Waals surface area contributed by atoms with Crippen LogP contribution in [0.3, 0.4) is 0 Å². The summed E-state index contributed by atoms with van der Waals surface area (Å²) in [5.74, 6) is -0.510. The van der Waals surface area contributed by atoms with Gasteiger partial charge in [-0.2, -0.15) is 5.26 Å². The van der Waals surface area contributed by atoms with E-state index in [2.05, 4.69) is 39.0 Å². The van der Waals surface area contributed by atoms with Crippen molar-refractivity contribution >= 4 is 0 Å². The molecule has 0 N–H and O–H groups in total. The molecule has 2 heteroatoms. The molecule has 0 aliphatic carbocycles. The van der Waals surface area contributed by atoms with Gasteiger partial charge in [-0.3, -0.25) is 0 Å². The van der Waals surface area contributed by atoms with Crippen LogP contribution in [-0.2, 0) is 6.42 Å². The lowest BCUT2D eigenvalue weighted by atomic mass is 9.88. The molecule has 2 rings (SSSR count). The summed E-state index contributed by atoms with van der Waals surface area (Å²) >= 11 is 0. The predicted octanol–water partition coefficient (Wildman–Crippen LogP) is 4.60. The third-order valence-corrected chi connectivity index (χ3v) is 3.68. The van der Waals surface area contributed by atoms with Gasteiger partial charge in [0.25, 0.3) is 0 Å². The highest BCUT2D eigenvalue weighted by Crippen LogP contribution is 2.25. The molecule has 1 unspecified atom stereocenters. The van der Waals surface area contributed by atoms with Crippen LogP contribution in [0.1, 0.15) is 33.7 Å². The van der Waals surface area contributed by atoms with E-state index in [9.17, 15) is 9.65 Å². The van der Waals surface area contributed by atoms with Crippen molar-refractivity contribution in [1.29, 1.82) is 5.26 Å². The third kappa shape index (κ3) is 3.05. The number of nitriles is 1. The minimum absolute atomic E-state index is 0.240. The first-order valence-corrected chi connectivity index (χ1v) is 6.73. The third-order valence-electron chi connectivity index (χ3n) is 3.68. The van der Waals surface area contributed by atoms with Gasteiger partial charge in [0.15, 0.2) is 0 Å². The number of rotatable bonds is 3. The van der Waals surface area contributed by atoms with E-state index in [1.165, 1.54) is 34.4 Å². The highest BCUT2D eigenvalue weighted by molar-refractivity contribution is 5.40. The van der Waals surface area contributed by atoms with Crippen LogP contribution in [0.25, 0.3) is 0 Å². The van der Waals surface area contributed by atoms with Gasteiger partial charge >= 0.3 is 0 Å². The van der Waals surface area contributed by atoms with E-state index in [-0.39, 0.29) is 11.7 Å². The molecule has 0 spiro atoms. The SMILES string of the molecule is Cc1cc(C)c(CC(C#N)c2ccc(F)cc2)c(C)c1. The lowest BCUT2D eigenvalue weighted by Gasteiger charge is -2.15. The molecule has 0 amide bonds. The lowest BCUT2D eigenvalue weighted by Crippen LogP contribution is -2.04. The highest BCUT2D eigenvalue weighted by atomic mass is 19.1. The zero-order valence-electron chi connectivity index (χ0n) is 12.1. The Hall–Kier alpha value is -2.14. The van der Waals surface area contributed by atoms with Crippen LogP contribution in [0.2, 0.25) is 0 Å². The van der Waals surface area contributed by atoms with Gasteiger partial charge in [-0.15, -0.1) is 0 Å². The smallest absolute Gasteiger partial charge is 0.123 e. The molecular formula is C18H18FN. The van der Waals surface area contributed by atoms with Crippen LogP contribution in [0.15, 0.2) is 36.4 Å². The average molecular weight is 267 g/mol. The summed E-state index contributed by atoms with van der Waals surface area (Å²) in [4.78, 5) is 0. The Morgan fingerprint density at radius 2 is 1.60 bits per heavy atom. The van der Waals surface area contributed by atoms with E-state index < -0.39 is 0 Å². The van der Waals surface area contributed by atoms with E-state index in [0.717, 1.165) is 5.56 Å². The van der Waals surface area contributed by atoms with Crippen LogP contribution >= 0.6 is 0 Å². The van der Waals surface area contributed by atoms with Crippen molar-refractivity contribution in [3.8, 4) is 6.07 Å². The van der Waals surface area contributed by atoms with Gasteiger partial charge in [-0.25, -0.2) is 4.39 Å². The molecule has 0 saturated carbocycles. The first kappa shape index (κ1) is 14.3. The topological polar surface area (TPSA) is 23.8 Å². The monoisotopic (exact) mass is 267 g/mol. The predicted molar refractivity (Wildman–Crippen MR) is 79.1 cm³/mol. The van der Waals surface area contributed by atoms with Crippen molar-refractivity contribution in [3.63, 3.8) is 0 Å². The Morgan fingerprint density at radius 3 is 2.10 bits per heavy atom. The number of hydrogen-bond donors (Lipinski definition) is 0. The quantitative estimate of drug-likeness (QED) is 0.797. The van der Waals surface area contributed by atoms with Crippen molar-refractivity contribution in [2.45, 2.75) is 33.1 Å². The van der Waals surface area contributed by atoms with E-state index in [1.54, 1.807) is 12.1 Å². The Labute approximate surface area is 119 Å². The van der Waals surface area contributed by atoms with Gasteiger partial charge in [0.1, 0.15) is 5.82 Å². The van der Waals surface area contributed by atoms with Crippen molar-refractivity contribution in [1.82, 2.24) is 0 Å². The summed E-state index contributed by atoms with van der Waals surface area (Å²) in [6.07, 6.45) is 0.667.